The molecule has 0 atom stereocenters. The third kappa shape index (κ3) is 3.35. The van der Waals surface area contributed by atoms with Gasteiger partial charge in [-0.15, -0.1) is 0 Å². The number of carbonyl (C=O) groups is 1. The van der Waals surface area contributed by atoms with Gasteiger partial charge in [-0.05, 0) is 6.07 Å². The van der Waals surface area contributed by atoms with Gasteiger partial charge in [-0.3, -0.25) is 10.1 Å². The van der Waals surface area contributed by atoms with Crippen LogP contribution in [0.2, 0.25) is 0 Å². The monoisotopic (exact) mass is 264 g/mol. The van der Waals surface area contributed by atoms with Crippen LogP contribution < -0.4 is 0 Å². The first kappa shape index (κ1) is 14.3. The van der Waals surface area contributed by atoms with E-state index in [4.69, 9.17) is 5.26 Å². The van der Waals surface area contributed by atoms with Crippen molar-refractivity contribution in [2.24, 2.45) is 0 Å². The lowest BCUT2D eigenvalue weighted by Gasteiger charge is -2.03. The topological polar surface area (TPSA) is 93.2 Å². The van der Waals surface area contributed by atoms with Crippen LogP contribution in [0.25, 0.3) is 6.08 Å². The number of rotatable bonds is 4. The zero-order chi connectivity index (χ0) is 14.4. The minimum absolute atomic E-state index is 0.0476. The molecule has 0 heterocycles. The standard InChI is InChI=1S/C12H9FN2O4/c1-19-12(16)9-7-10(13)8(4-2-3-5-14)6-11(9)15(17)18/h2,4,6-7H,3H2,1H3. The van der Waals surface area contributed by atoms with Crippen LogP contribution in [-0.4, -0.2) is 18.0 Å². The molecule has 1 aromatic rings. The highest BCUT2D eigenvalue weighted by Crippen LogP contribution is 2.24. The van der Waals surface area contributed by atoms with Gasteiger partial charge in [0.05, 0.1) is 24.5 Å². The number of halogens is 1. The number of carbonyl (C=O) groups excluding carboxylic acids is 1. The zero-order valence-electron chi connectivity index (χ0n) is 9.92. The third-order valence-corrected chi connectivity index (χ3v) is 2.22. The van der Waals surface area contributed by atoms with Gasteiger partial charge in [-0.1, -0.05) is 12.2 Å². The largest absolute Gasteiger partial charge is 0.465 e. The van der Waals surface area contributed by atoms with E-state index in [1.54, 1.807) is 0 Å². The van der Waals surface area contributed by atoms with Crippen LogP contribution in [0.1, 0.15) is 22.3 Å². The van der Waals surface area contributed by atoms with Gasteiger partial charge in [0.25, 0.3) is 5.69 Å². The Bertz CT molecular complexity index is 590. The molecule has 7 heteroatoms. The average molecular weight is 264 g/mol. The van der Waals surface area contributed by atoms with E-state index < -0.39 is 28.0 Å². The van der Waals surface area contributed by atoms with E-state index >= 15 is 0 Å². The average Bonchev–Trinajstić information content (AvgIpc) is 2.39. The van der Waals surface area contributed by atoms with Gasteiger partial charge in [0, 0.05) is 11.6 Å². The normalized spacial score (nSPS) is 10.2. The summed E-state index contributed by atoms with van der Waals surface area (Å²) < 4.78 is 18.0. The molecular formula is C12H9FN2O4. The molecule has 0 aliphatic carbocycles. The first-order valence-electron chi connectivity index (χ1n) is 5.11. The van der Waals surface area contributed by atoms with E-state index in [-0.39, 0.29) is 12.0 Å². The lowest BCUT2D eigenvalue weighted by atomic mass is 10.1. The maximum absolute atomic E-state index is 13.7. The van der Waals surface area contributed by atoms with Crippen molar-refractivity contribution >= 4 is 17.7 Å². The van der Waals surface area contributed by atoms with Crippen LogP contribution >= 0.6 is 0 Å². The van der Waals surface area contributed by atoms with Gasteiger partial charge in [0.1, 0.15) is 11.4 Å². The molecule has 0 aromatic heterocycles. The second kappa shape index (κ2) is 6.26. The molecule has 0 aliphatic heterocycles. The van der Waals surface area contributed by atoms with E-state index in [9.17, 15) is 19.3 Å². The number of hydrogen-bond acceptors (Lipinski definition) is 5. The van der Waals surface area contributed by atoms with E-state index in [2.05, 4.69) is 4.74 Å². The minimum atomic E-state index is -0.988. The molecule has 0 saturated carbocycles. The predicted octanol–water partition coefficient (Wildman–Crippen LogP) is 2.45. The summed E-state index contributed by atoms with van der Waals surface area (Å²) >= 11 is 0. The molecule has 0 amide bonds. The number of nitrogens with zero attached hydrogens (tertiary/aromatic N) is 2. The summed E-state index contributed by atoms with van der Waals surface area (Å²) in [6.07, 6.45) is 2.65. The van der Waals surface area contributed by atoms with E-state index in [1.165, 1.54) is 12.2 Å². The Morgan fingerprint density at radius 3 is 2.84 bits per heavy atom. The van der Waals surface area contributed by atoms with Crippen LogP contribution in [0, 0.1) is 27.3 Å². The van der Waals surface area contributed by atoms with Crippen molar-refractivity contribution in [2.75, 3.05) is 7.11 Å². The Morgan fingerprint density at radius 1 is 1.63 bits per heavy atom. The van der Waals surface area contributed by atoms with Crippen molar-refractivity contribution in [3.63, 3.8) is 0 Å². The molecule has 98 valence electrons. The number of nitro benzene ring substituents is 1. The van der Waals surface area contributed by atoms with Gasteiger partial charge in [0.2, 0.25) is 0 Å². The lowest BCUT2D eigenvalue weighted by molar-refractivity contribution is -0.385. The number of nitro groups is 1. The molecule has 6 nitrogen and oxygen atoms in total. The molecule has 0 spiro atoms. The molecular weight excluding hydrogens is 255 g/mol. The molecule has 1 aromatic carbocycles. The van der Waals surface area contributed by atoms with Gasteiger partial charge >= 0.3 is 5.97 Å². The summed E-state index contributed by atoms with van der Waals surface area (Å²) in [6.45, 7) is 0. The van der Waals surface area contributed by atoms with Crippen molar-refractivity contribution in [3.8, 4) is 6.07 Å². The molecule has 0 radical (unpaired) electrons. The Morgan fingerprint density at radius 2 is 2.32 bits per heavy atom. The number of allylic oxidation sites excluding steroid dienone is 1. The Labute approximate surface area is 107 Å². The summed E-state index contributed by atoms with van der Waals surface area (Å²) in [5.74, 6) is -1.79. The summed E-state index contributed by atoms with van der Waals surface area (Å²) in [5, 5.41) is 19.2. The number of esters is 1. The summed E-state index contributed by atoms with van der Waals surface area (Å²) in [4.78, 5) is 21.3. The maximum Gasteiger partial charge on any atom is 0.344 e. The zero-order valence-corrected chi connectivity index (χ0v) is 9.92. The van der Waals surface area contributed by atoms with Crippen LogP contribution in [-0.2, 0) is 4.74 Å². The van der Waals surface area contributed by atoms with Crippen molar-refractivity contribution < 1.29 is 18.8 Å². The van der Waals surface area contributed by atoms with Crippen molar-refractivity contribution in [1.82, 2.24) is 0 Å². The molecule has 0 bridgehead atoms. The number of methoxy groups -OCH3 is 1. The number of benzene rings is 1. The van der Waals surface area contributed by atoms with Crippen LogP contribution in [0.3, 0.4) is 0 Å². The predicted molar refractivity (Wildman–Crippen MR) is 63.7 cm³/mol. The molecule has 19 heavy (non-hydrogen) atoms. The summed E-state index contributed by atoms with van der Waals surface area (Å²) in [5.41, 5.74) is -1.08. The lowest BCUT2D eigenvalue weighted by Crippen LogP contribution is -2.07. The van der Waals surface area contributed by atoms with Crippen molar-refractivity contribution in [3.05, 3.63) is 45.3 Å². The van der Waals surface area contributed by atoms with E-state index in [0.717, 1.165) is 19.2 Å². The first-order chi connectivity index (χ1) is 9.01. The molecule has 1 rings (SSSR count). The number of hydrogen-bond donors (Lipinski definition) is 0. The summed E-state index contributed by atoms with van der Waals surface area (Å²) in [6, 6.07) is 3.49. The Balaban J connectivity index is 3.33. The third-order valence-electron chi connectivity index (χ3n) is 2.22. The highest BCUT2D eigenvalue weighted by atomic mass is 19.1. The van der Waals surface area contributed by atoms with Gasteiger partial charge in [-0.25, -0.2) is 9.18 Å². The highest BCUT2D eigenvalue weighted by Gasteiger charge is 2.23. The molecule has 0 unspecified atom stereocenters. The van der Waals surface area contributed by atoms with Crippen LogP contribution in [0.4, 0.5) is 10.1 Å². The molecule has 0 fully saturated rings. The van der Waals surface area contributed by atoms with E-state index in [1.807, 2.05) is 6.07 Å². The second-order valence-electron chi connectivity index (χ2n) is 3.40. The first-order valence-corrected chi connectivity index (χ1v) is 5.11. The van der Waals surface area contributed by atoms with Crippen molar-refractivity contribution in [1.29, 1.82) is 5.26 Å². The summed E-state index contributed by atoms with van der Waals surface area (Å²) in [7, 11) is 1.05. The van der Waals surface area contributed by atoms with Crippen LogP contribution in [0.5, 0.6) is 0 Å². The maximum atomic E-state index is 13.7. The molecule has 0 N–H and O–H groups in total. The fourth-order valence-corrected chi connectivity index (χ4v) is 1.37. The highest BCUT2D eigenvalue weighted by molar-refractivity contribution is 5.94. The van der Waals surface area contributed by atoms with Gasteiger partial charge < -0.3 is 4.74 Å². The number of nitriles is 1. The minimum Gasteiger partial charge on any atom is -0.465 e. The fourth-order valence-electron chi connectivity index (χ4n) is 1.37. The smallest absolute Gasteiger partial charge is 0.344 e. The Hall–Kier alpha value is -2.75. The van der Waals surface area contributed by atoms with E-state index in [0.29, 0.717) is 0 Å². The molecule has 0 aliphatic rings. The van der Waals surface area contributed by atoms with Gasteiger partial charge in [0.15, 0.2) is 0 Å². The van der Waals surface area contributed by atoms with Gasteiger partial charge in [-0.2, -0.15) is 5.26 Å². The molecule has 0 saturated heterocycles. The quantitative estimate of drug-likeness (QED) is 0.473. The SMILES string of the molecule is COC(=O)c1cc(F)c(C=CCC#N)cc1[N+](=O)[O-]. The Kier molecular flexibility index (Phi) is 4.71. The second-order valence-corrected chi connectivity index (χ2v) is 3.40. The van der Waals surface area contributed by atoms with Crippen molar-refractivity contribution in [2.45, 2.75) is 6.42 Å². The van der Waals surface area contributed by atoms with Crippen LogP contribution in [0.15, 0.2) is 18.2 Å². The fraction of sp³-hybridized carbons (Fsp3) is 0.167. The number of ether oxygens (including phenoxy) is 1.